The summed E-state index contributed by atoms with van der Waals surface area (Å²) in [7, 11) is 0. The predicted octanol–water partition coefficient (Wildman–Crippen LogP) is 3.21. The van der Waals surface area contributed by atoms with Gasteiger partial charge < -0.3 is 9.88 Å². The minimum atomic E-state index is -0.0370. The number of pyridine rings is 1. The molecule has 4 heterocycles. The molecule has 1 aliphatic carbocycles. The first-order valence-corrected chi connectivity index (χ1v) is 11.2. The van der Waals surface area contributed by atoms with Crippen LogP contribution in [0.25, 0.3) is 11.4 Å². The van der Waals surface area contributed by atoms with Crippen molar-refractivity contribution in [3.05, 3.63) is 48.0 Å². The second kappa shape index (κ2) is 8.06. The number of thioether (sulfide) groups is 1. The summed E-state index contributed by atoms with van der Waals surface area (Å²) in [5.41, 5.74) is 1.92. The van der Waals surface area contributed by atoms with E-state index in [0.29, 0.717) is 17.3 Å². The van der Waals surface area contributed by atoms with Crippen LogP contribution in [0.15, 0.2) is 41.9 Å². The molecule has 0 atom stereocenters. The molecule has 0 spiro atoms. The minimum Gasteiger partial charge on any atom is -0.356 e. The van der Waals surface area contributed by atoms with Gasteiger partial charge in [-0.15, -0.1) is 10.2 Å². The number of nitrogens with zero attached hydrogens (tertiary/aromatic N) is 5. The molecule has 1 saturated carbocycles. The monoisotopic (exact) mass is 422 g/mol. The van der Waals surface area contributed by atoms with Gasteiger partial charge in [0, 0.05) is 48.8 Å². The van der Waals surface area contributed by atoms with Crippen LogP contribution < -0.4 is 0 Å². The van der Waals surface area contributed by atoms with Gasteiger partial charge in [0.15, 0.2) is 16.8 Å². The Morgan fingerprint density at radius 2 is 2.03 bits per heavy atom. The largest absolute Gasteiger partial charge is 0.356 e. The van der Waals surface area contributed by atoms with E-state index in [2.05, 4.69) is 24.7 Å². The van der Waals surface area contributed by atoms with Crippen LogP contribution in [0.3, 0.4) is 0 Å². The summed E-state index contributed by atoms with van der Waals surface area (Å²) in [5, 5.41) is 9.43. The molecule has 30 heavy (non-hydrogen) atoms. The third-order valence-electron chi connectivity index (χ3n) is 5.46. The van der Waals surface area contributed by atoms with Gasteiger partial charge in [0.1, 0.15) is 5.69 Å². The van der Waals surface area contributed by atoms with Gasteiger partial charge in [0.05, 0.1) is 5.75 Å². The van der Waals surface area contributed by atoms with Gasteiger partial charge in [-0.1, -0.05) is 11.8 Å². The Morgan fingerprint density at radius 1 is 1.20 bits per heavy atom. The number of hydrogen-bond acceptors (Lipinski definition) is 6. The number of ketones is 1. The van der Waals surface area contributed by atoms with E-state index < -0.39 is 0 Å². The summed E-state index contributed by atoms with van der Waals surface area (Å²) in [6.45, 7) is 1.57. The molecule has 1 amide bonds. The van der Waals surface area contributed by atoms with E-state index in [9.17, 15) is 9.59 Å². The fourth-order valence-electron chi connectivity index (χ4n) is 3.71. The molecular formula is C21H22N6O2S. The van der Waals surface area contributed by atoms with E-state index in [1.807, 2.05) is 17.0 Å². The van der Waals surface area contributed by atoms with Crippen LogP contribution in [-0.4, -0.2) is 60.2 Å². The molecule has 8 nitrogen and oxygen atoms in total. The molecule has 2 aliphatic rings. The Bertz CT molecular complexity index is 1070. The first-order valence-electron chi connectivity index (χ1n) is 10.2. The smallest absolute Gasteiger partial charge is 0.270 e. The van der Waals surface area contributed by atoms with Crippen LogP contribution in [0, 0.1) is 0 Å². The average Bonchev–Trinajstić information content (AvgIpc) is 3.21. The van der Waals surface area contributed by atoms with Crippen LogP contribution >= 0.6 is 11.8 Å². The van der Waals surface area contributed by atoms with Crippen LogP contribution in [0.2, 0.25) is 0 Å². The van der Waals surface area contributed by atoms with E-state index in [1.54, 1.807) is 24.7 Å². The SMILES string of the molecule is O=C(CSc1nnc(-c2cccnc2)n1C1CC1)c1c[nH]c(C(=O)N2CCCC2)c1. The molecule has 1 N–H and O–H groups in total. The van der Waals surface area contributed by atoms with Crippen LogP contribution in [0.4, 0.5) is 0 Å². The quantitative estimate of drug-likeness (QED) is 0.464. The lowest BCUT2D eigenvalue weighted by Gasteiger charge is -2.13. The van der Waals surface area contributed by atoms with E-state index in [-0.39, 0.29) is 17.4 Å². The summed E-state index contributed by atoms with van der Waals surface area (Å²) in [5.74, 6) is 0.965. The van der Waals surface area contributed by atoms with Crippen molar-refractivity contribution in [1.82, 2.24) is 29.6 Å². The number of carbonyl (C=O) groups excluding carboxylic acids is 2. The Hall–Kier alpha value is -2.94. The number of carbonyl (C=O) groups is 2. The van der Waals surface area contributed by atoms with E-state index in [4.69, 9.17) is 0 Å². The van der Waals surface area contributed by atoms with Crippen molar-refractivity contribution < 1.29 is 9.59 Å². The van der Waals surface area contributed by atoms with Crippen LogP contribution in [0.5, 0.6) is 0 Å². The number of hydrogen-bond donors (Lipinski definition) is 1. The molecule has 2 fully saturated rings. The highest BCUT2D eigenvalue weighted by Gasteiger charge is 2.30. The summed E-state index contributed by atoms with van der Waals surface area (Å²) < 4.78 is 2.12. The predicted molar refractivity (Wildman–Crippen MR) is 113 cm³/mol. The molecule has 3 aromatic heterocycles. The van der Waals surface area contributed by atoms with Crippen molar-refractivity contribution in [2.24, 2.45) is 0 Å². The molecule has 154 valence electrons. The second-order valence-corrected chi connectivity index (χ2v) is 8.60. The maximum atomic E-state index is 12.7. The van der Waals surface area contributed by atoms with Crippen molar-refractivity contribution >= 4 is 23.5 Å². The molecule has 5 rings (SSSR count). The fraction of sp³-hybridized carbons (Fsp3) is 0.381. The lowest BCUT2D eigenvalue weighted by atomic mass is 10.2. The number of nitrogens with one attached hydrogen (secondary N) is 1. The third-order valence-corrected chi connectivity index (χ3v) is 6.40. The topological polar surface area (TPSA) is 96.8 Å². The van der Waals surface area contributed by atoms with Crippen molar-refractivity contribution in [1.29, 1.82) is 0 Å². The van der Waals surface area contributed by atoms with Crippen molar-refractivity contribution in [2.75, 3.05) is 18.8 Å². The standard InChI is InChI=1S/C21H22N6O2S/c28-18(15-10-17(23-12-15)20(29)26-8-1-2-9-26)13-30-21-25-24-19(27(21)16-5-6-16)14-4-3-7-22-11-14/h3-4,7,10-12,16,23H,1-2,5-6,8-9,13H2. The number of aromatic nitrogens is 5. The molecule has 0 unspecified atom stereocenters. The number of aromatic amines is 1. The number of likely N-dealkylation sites (tertiary alicyclic amines) is 1. The number of Topliss-reactive ketones (excluding diaryl/α,β-unsaturated/α-hetero) is 1. The minimum absolute atomic E-state index is 0.0335. The summed E-state index contributed by atoms with van der Waals surface area (Å²) in [4.78, 5) is 34.2. The van der Waals surface area contributed by atoms with Crippen LogP contribution in [-0.2, 0) is 0 Å². The Morgan fingerprint density at radius 3 is 2.77 bits per heavy atom. The highest BCUT2D eigenvalue weighted by atomic mass is 32.2. The zero-order valence-corrected chi connectivity index (χ0v) is 17.3. The Kier molecular flexibility index (Phi) is 5.12. The van der Waals surface area contributed by atoms with E-state index in [0.717, 1.165) is 55.3 Å². The highest BCUT2D eigenvalue weighted by molar-refractivity contribution is 7.99. The molecular weight excluding hydrogens is 400 g/mol. The summed E-state index contributed by atoms with van der Waals surface area (Å²) in [6, 6.07) is 5.89. The molecule has 0 aromatic carbocycles. The van der Waals surface area contributed by atoms with Gasteiger partial charge in [-0.05, 0) is 43.9 Å². The van der Waals surface area contributed by atoms with Crippen LogP contribution in [0.1, 0.15) is 52.6 Å². The summed E-state index contributed by atoms with van der Waals surface area (Å²) in [6.07, 6.45) is 9.39. The number of H-pyrrole nitrogens is 1. The van der Waals surface area contributed by atoms with Gasteiger partial charge in [-0.3, -0.25) is 19.1 Å². The zero-order valence-electron chi connectivity index (χ0n) is 16.5. The van der Waals surface area contributed by atoms with Gasteiger partial charge in [0.25, 0.3) is 5.91 Å². The third kappa shape index (κ3) is 3.77. The molecule has 0 bridgehead atoms. The fourth-order valence-corrected chi connectivity index (χ4v) is 4.61. The number of rotatable bonds is 7. The molecule has 0 radical (unpaired) electrons. The Balaban J connectivity index is 1.28. The lowest BCUT2D eigenvalue weighted by Crippen LogP contribution is -2.27. The first kappa shape index (κ1) is 19.0. The highest BCUT2D eigenvalue weighted by Crippen LogP contribution is 2.41. The normalized spacial score (nSPS) is 16.2. The van der Waals surface area contributed by atoms with Crippen molar-refractivity contribution in [3.8, 4) is 11.4 Å². The summed E-state index contributed by atoms with van der Waals surface area (Å²) >= 11 is 1.39. The number of amides is 1. The van der Waals surface area contributed by atoms with Crippen molar-refractivity contribution in [3.63, 3.8) is 0 Å². The van der Waals surface area contributed by atoms with E-state index >= 15 is 0 Å². The first-order chi connectivity index (χ1) is 14.7. The van der Waals surface area contributed by atoms with Crippen molar-refractivity contribution in [2.45, 2.75) is 36.9 Å². The van der Waals surface area contributed by atoms with Gasteiger partial charge >= 0.3 is 0 Å². The van der Waals surface area contributed by atoms with Gasteiger partial charge in [-0.2, -0.15) is 0 Å². The average molecular weight is 423 g/mol. The molecule has 9 heteroatoms. The van der Waals surface area contributed by atoms with Gasteiger partial charge in [0.2, 0.25) is 0 Å². The molecule has 1 aliphatic heterocycles. The zero-order chi connectivity index (χ0) is 20.5. The van der Waals surface area contributed by atoms with E-state index in [1.165, 1.54) is 11.8 Å². The Labute approximate surface area is 178 Å². The molecule has 1 saturated heterocycles. The lowest BCUT2D eigenvalue weighted by molar-refractivity contribution is 0.0787. The maximum absolute atomic E-state index is 12.7. The maximum Gasteiger partial charge on any atom is 0.270 e. The second-order valence-electron chi connectivity index (χ2n) is 7.66. The molecule has 3 aromatic rings. The van der Waals surface area contributed by atoms with Gasteiger partial charge in [-0.25, -0.2) is 0 Å².